The van der Waals surface area contributed by atoms with E-state index in [2.05, 4.69) is 19.1 Å². The van der Waals surface area contributed by atoms with Gasteiger partial charge in [0.15, 0.2) is 5.65 Å². The second-order valence-electron chi connectivity index (χ2n) is 10.9. The third kappa shape index (κ3) is 5.28. The molecule has 4 aromatic carbocycles. The summed E-state index contributed by atoms with van der Waals surface area (Å²) < 4.78 is 4.35. The van der Waals surface area contributed by atoms with Crippen LogP contribution in [0.4, 0.5) is 0 Å². The molecule has 8 heteroatoms. The van der Waals surface area contributed by atoms with Crippen molar-refractivity contribution in [3.05, 3.63) is 134 Å². The monoisotopic (exact) mass is 572 g/mol. The highest BCUT2D eigenvalue weighted by Crippen LogP contribution is 2.29. The average molecular weight is 573 g/mol. The summed E-state index contributed by atoms with van der Waals surface area (Å²) in [5.74, 6) is -1.07. The predicted octanol–water partition coefficient (Wildman–Crippen LogP) is 5.85. The number of nitrogens with zero attached hydrogens (tertiary/aromatic N) is 4. The van der Waals surface area contributed by atoms with Crippen LogP contribution < -0.4 is 11.2 Å². The van der Waals surface area contributed by atoms with Crippen molar-refractivity contribution in [2.24, 2.45) is 7.05 Å². The quantitative estimate of drug-likeness (QED) is 0.234. The van der Waals surface area contributed by atoms with Gasteiger partial charge in [-0.3, -0.25) is 18.6 Å². The number of fused-ring (bicyclic) bond motifs is 2. The van der Waals surface area contributed by atoms with Crippen LogP contribution in [0.1, 0.15) is 46.8 Å². The van der Waals surface area contributed by atoms with E-state index in [1.165, 1.54) is 23.2 Å². The van der Waals surface area contributed by atoms with Crippen molar-refractivity contribution in [3.63, 3.8) is 0 Å². The number of aromatic nitrogens is 4. The summed E-state index contributed by atoms with van der Waals surface area (Å²) >= 11 is 0. The Bertz CT molecular complexity index is 2100. The van der Waals surface area contributed by atoms with Crippen LogP contribution >= 0.6 is 0 Å². The minimum Gasteiger partial charge on any atom is -0.478 e. The van der Waals surface area contributed by atoms with E-state index in [-0.39, 0.29) is 23.1 Å². The predicted molar refractivity (Wildman–Crippen MR) is 169 cm³/mol. The fourth-order valence-corrected chi connectivity index (χ4v) is 5.68. The maximum absolute atomic E-state index is 13.8. The Morgan fingerprint density at radius 2 is 1.58 bits per heavy atom. The first-order valence-corrected chi connectivity index (χ1v) is 14.4. The summed E-state index contributed by atoms with van der Waals surface area (Å²) in [5, 5.41) is 17.0. The van der Waals surface area contributed by atoms with E-state index in [0.29, 0.717) is 17.8 Å². The van der Waals surface area contributed by atoms with E-state index in [0.717, 1.165) is 45.7 Å². The fraction of sp³-hybridized carbons (Fsp3) is 0.200. The number of hydrogen-bond donors (Lipinski definition) is 1. The standard InChI is InChI=1S/C35H32N4O4/c1-3-4-9-23-16-18-24(19-17-23)21-38-32-30(33(40)37(2)35(38)43)31(26-12-8-13-27(20-26)34(41)42)39(36-32)22-28-14-7-11-25-10-5-6-15-29(25)28/h5-8,10-20H,3-4,9,21-22H2,1-2H3,(H,41,42). The van der Waals surface area contributed by atoms with Gasteiger partial charge in [0, 0.05) is 12.6 Å². The van der Waals surface area contributed by atoms with Crippen LogP contribution in [0.25, 0.3) is 33.1 Å². The molecule has 0 unspecified atom stereocenters. The van der Waals surface area contributed by atoms with E-state index in [4.69, 9.17) is 5.10 Å². The molecule has 6 rings (SSSR count). The molecule has 0 bridgehead atoms. The molecule has 0 radical (unpaired) electrons. The Morgan fingerprint density at radius 3 is 2.35 bits per heavy atom. The lowest BCUT2D eigenvalue weighted by Gasteiger charge is -2.11. The van der Waals surface area contributed by atoms with Gasteiger partial charge in [-0.05, 0) is 52.4 Å². The molecular formula is C35H32N4O4. The van der Waals surface area contributed by atoms with Crippen LogP contribution in [0.3, 0.4) is 0 Å². The Hall–Kier alpha value is -5.24. The van der Waals surface area contributed by atoms with Crippen LogP contribution in [0, 0.1) is 0 Å². The number of benzene rings is 4. The van der Waals surface area contributed by atoms with Gasteiger partial charge in [0.2, 0.25) is 0 Å². The Kier molecular flexibility index (Phi) is 7.50. The molecule has 2 heterocycles. The number of aromatic carboxylic acids is 1. The second kappa shape index (κ2) is 11.6. The molecule has 43 heavy (non-hydrogen) atoms. The van der Waals surface area contributed by atoms with E-state index < -0.39 is 17.2 Å². The summed E-state index contributed by atoms with van der Waals surface area (Å²) in [7, 11) is 1.47. The molecule has 0 atom stereocenters. The molecule has 8 nitrogen and oxygen atoms in total. The van der Waals surface area contributed by atoms with E-state index in [1.807, 2.05) is 54.6 Å². The molecule has 0 saturated heterocycles. The highest BCUT2D eigenvalue weighted by atomic mass is 16.4. The van der Waals surface area contributed by atoms with E-state index >= 15 is 0 Å². The average Bonchev–Trinajstić information content (AvgIpc) is 3.40. The first-order valence-electron chi connectivity index (χ1n) is 14.4. The van der Waals surface area contributed by atoms with Gasteiger partial charge in [0.1, 0.15) is 5.39 Å². The first-order chi connectivity index (χ1) is 20.9. The topological polar surface area (TPSA) is 99.1 Å². The maximum Gasteiger partial charge on any atom is 0.335 e. The summed E-state index contributed by atoms with van der Waals surface area (Å²) in [4.78, 5) is 39.2. The van der Waals surface area contributed by atoms with Crippen molar-refractivity contribution < 1.29 is 9.90 Å². The van der Waals surface area contributed by atoms with Crippen molar-refractivity contribution in [2.45, 2.75) is 39.3 Å². The Balaban J connectivity index is 1.58. The second-order valence-corrected chi connectivity index (χ2v) is 10.9. The van der Waals surface area contributed by atoms with Gasteiger partial charge >= 0.3 is 11.7 Å². The van der Waals surface area contributed by atoms with Gasteiger partial charge in [-0.25, -0.2) is 9.59 Å². The van der Waals surface area contributed by atoms with E-state index in [9.17, 15) is 19.5 Å². The molecule has 0 saturated carbocycles. The molecule has 216 valence electrons. The van der Waals surface area contributed by atoms with Crippen molar-refractivity contribution in [3.8, 4) is 11.3 Å². The van der Waals surface area contributed by atoms with Gasteiger partial charge < -0.3 is 5.11 Å². The van der Waals surface area contributed by atoms with Gasteiger partial charge in [0.25, 0.3) is 5.56 Å². The number of aryl methyl sites for hydroxylation is 1. The van der Waals surface area contributed by atoms with Gasteiger partial charge in [-0.1, -0.05) is 92.2 Å². The highest BCUT2D eigenvalue weighted by Gasteiger charge is 2.23. The zero-order chi connectivity index (χ0) is 30.1. The number of carboxylic acids is 1. The van der Waals surface area contributed by atoms with Gasteiger partial charge in [-0.2, -0.15) is 5.10 Å². The van der Waals surface area contributed by atoms with Crippen LogP contribution in [-0.4, -0.2) is 30.0 Å². The van der Waals surface area contributed by atoms with Crippen LogP contribution in [-0.2, 0) is 26.6 Å². The molecule has 2 aromatic heterocycles. The zero-order valence-electron chi connectivity index (χ0n) is 24.2. The minimum absolute atomic E-state index is 0.0943. The lowest BCUT2D eigenvalue weighted by molar-refractivity contribution is 0.0697. The third-order valence-corrected chi connectivity index (χ3v) is 7.99. The number of unbranched alkanes of at least 4 members (excludes halogenated alkanes) is 1. The van der Waals surface area contributed by atoms with Crippen molar-refractivity contribution in [1.82, 2.24) is 18.9 Å². The molecular weight excluding hydrogens is 540 g/mol. The Labute approximate surface area is 248 Å². The fourth-order valence-electron chi connectivity index (χ4n) is 5.68. The van der Waals surface area contributed by atoms with Gasteiger partial charge in [0.05, 0.1) is 24.3 Å². The number of carboxylic acid groups (broad SMARTS) is 1. The summed E-state index contributed by atoms with van der Waals surface area (Å²) in [6.45, 7) is 2.71. The number of hydrogen-bond acceptors (Lipinski definition) is 4. The van der Waals surface area contributed by atoms with Gasteiger partial charge in [-0.15, -0.1) is 0 Å². The first kappa shape index (κ1) is 27.9. The third-order valence-electron chi connectivity index (χ3n) is 7.99. The normalized spacial score (nSPS) is 11.4. The molecule has 0 amide bonds. The summed E-state index contributed by atoms with van der Waals surface area (Å²) in [6, 6.07) is 28.7. The number of rotatable bonds is 9. The Morgan fingerprint density at radius 1 is 0.860 bits per heavy atom. The summed E-state index contributed by atoms with van der Waals surface area (Å²) in [5.41, 5.74) is 3.55. The van der Waals surface area contributed by atoms with Crippen LogP contribution in [0.2, 0.25) is 0 Å². The largest absolute Gasteiger partial charge is 0.478 e. The van der Waals surface area contributed by atoms with E-state index in [1.54, 1.807) is 22.9 Å². The molecule has 0 aliphatic rings. The summed E-state index contributed by atoms with van der Waals surface area (Å²) in [6.07, 6.45) is 3.23. The number of carbonyl (C=O) groups is 1. The molecule has 0 spiro atoms. The van der Waals surface area contributed by atoms with Crippen LogP contribution in [0.15, 0.2) is 101 Å². The maximum atomic E-state index is 13.8. The van der Waals surface area contributed by atoms with Crippen molar-refractivity contribution in [1.29, 1.82) is 0 Å². The SMILES string of the molecule is CCCCc1ccc(Cn2c(=O)n(C)c(=O)c3c(-c4cccc(C(=O)O)c4)n(Cc4cccc5ccccc45)nc32)cc1. The minimum atomic E-state index is -1.07. The molecule has 0 aliphatic heterocycles. The molecule has 0 fully saturated rings. The lowest BCUT2D eigenvalue weighted by Crippen LogP contribution is -2.38. The van der Waals surface area contributed by atoms with Crippen molar-refractivity contribution >= 4 is 27.8 Å². The van der Waals surface area contributed by atoms with Crippen molar-refractivity contribution in [2.75, 3.05) is 0 Å². The lowest BCUT2D eigenvalue weighted by atomic mass is 10.0. The zero-order valence-corrected chi connectivity index (χ0v) is 24.2. The molecule has 0 aliphatic carbocycles. The molecule has 1 N–H and O–H groups in total. The highest BCUT2D eigenvalue weighted by molar-refractivity contribution is 5.94. The van der Waals surface area contributed by atoms with Crippen LogP contribution in [0.5, 0.6) is 0 Å². The molecule has 6 aromatic rings. The smallest absolute Gasteiger partial charge is 0.335 e.